The molecule has 1 aliphatic rings. The standard InChI is InChI=1S/C15H20N2O4/c1-2-15(6-7-16-10-15)14(20)17-11-4-3-5-12(8-11)21-9-13(18)19/h3-5,8,16H,2,6-7,9-10H2,1H3,(H,17,20)(H,18,19). The largest absolute Gasteiger partial charge is 0.482 e. The van der Waals surface area contributed by atoms with Crippen LogP contribution in [0.4, 0.5) is 5.69 Å². The molecule has 0 bridgehead atoms. The van der Waals surface area contributed by atoms with Crippen LogP contribution in [0, 0.1) is 5.41 Å². The molecular formula is C15H20N2O4. The molecule has 1 aliphatic heterocycles. The van der Waals surface area contributed by atoms with Crippen LogP contribution in [0.3, 0.4) is 0 Å². The Kier molecular flexibility index (Phi) is 4.80. The van der Waals surface area contributed by atoms with Gasteiger partial charge in [0, 0.05) is 18.3 Å². The average molecular weight is 292 g/mol. The maximum atomic E-state index is 12.5. The third kappa shape index (κ3) is 3.72. The van der Waals surface area contributed by atoms with Gasteiger partial charge in [-0.2, -0.15) is 0 Å². The molecule has 1 heterocycles. The minimum absolute atomic E-state index is 0.00890. The van der Waals surface area contributed by atoms with Crippen LogP contribution in [0.15, 0.2) is 24.3 Å². The van der Waals surface area contributed by atoms with E-state index in [-0.39, 0.29) is 11.3 Å². The lowest BCUT2D eigenvalue weighted by Crippen LogP contribution is -2.37. The number of rotatable bonds is 6. The van der Waals surface area contributed by atoms with Crippen molar-refractivity contribution in [3.05, 3.63) is 24.3 Å². The number of aliphatic carboxylic acids is 1. The second-order valence-corrected chi connectivity index (χ2v) is 5.23. The summed E-state index contributed by atoms with van der Waals surface area (Å²) in [6.07, 6.45) is 1.60. The zero-order chi connectivity index (χ0) is 15.3. The van der Waals surface area contributed by atoms with Crippen molar-refractivity contribution in [2.24, 2.45) is 5.41 Å². The number of nitrogens with one attached hydrogen (secondary N) is 2. The van der Waals surface area contributed by atoms with Crippen LogP contribution >= 0.6 is 0 Å². The number of hydrogen-bond donors (Lipinski definition) is 3. The first-order chi connectivity index (χ1) is 10.1. The second-order valence-electron chi connectivity index (χ2n) is 5.23. The monoisotopic (exact) mass is 292 g/mol. The van der Waals surface area contributed by atoms with Gasteiger partial charge in [0.15, 0.2) is 6.61 Å². The van der Waals surface area contributed by atoms with Crippen LogP contribution in [0.2, 0.25) is 0 Å². The highest BCUT2D eigenvalue weighted by Gasteiger charge is 2.39. The lowest BCUT2D eigenvalue weighted by Gasteiger charge is -2.25. The SMILES string of the molecule is CCC1(C(=O)Nc2cccc(OCC(=O)O)c2)CCNC1. The van der Waals surface area contributed by atoms with Crippen molar-refractivity contribution in [2.45, 2.75) is 19.8 Å². The number of carboxylic acid groups (broad SMARTS) is 1. The van der Waals surface area contributed by atoms with Crippen LogP contribution in [0.25, 0.3) is 0 Å². The van der Waals surface area contributed by atoms with E-state index >= 15 is 0 Å². The van der Waals surface area contributed by atoms with Crippen molar-refractivity contribution in [2.75, 3.05) is 25.0 Å². The van der Waals surface area contributed by atoms with Gasteiger partial charge in [0.05, 0.1) is 5.41 Å². The summed E-state index contributed by atoms with van der Waals surface area (Å²) >= 11 is 0. The first-order valence-corrected chi connectivity index (χ1v) is 7.02. The summed E-state index contributed by atoms with van der Waals surface area (Å²) in [6, 6.07) is 6.77. The number of benzene rings is 1. The third-order valence-electron chi connectivity index (χ3n) is 3.86. The zero-order valence-corrected chi connectivity index (χ0v) is 12.0. The summed E-state index contributed by atoms with van der Waals surface area (Å²) in [4.78, 5) is 22.9. The van der Waals surface area contributed by atoms with Crippen LogP contribution in [0.5, 0.6) is 5.75 Å². The van der Waals surface area contributed by atoms with Crippen LogP contribution in [-0.4, -0.2) is 36.7 Å². The van der Waals surface area contributed by atoms with Gasteiger partial charge in [-0.25, -0.2) is 4.79 Å². The molecule has 6 heteroatoms. The molecule has 6 nitrogen and oxygen atoms in total. The van der Waals surface area contributed by atoms with Crippen molar-refractivity contribution in [1.82, 2.24) is 5.32 Å². The number of amides is 1. The molecule has 1 aromatic rings. The van der Waals surface area contributed by atoms with Crippen LogP contribution in [0.1, 0.15) is 19.8 Å². The van der Waals surface area contributed by atoms with Gasteiger partial charge < -0.3 is 20.5 Å². The Morgan fingerprint density at radius 1 is 1.48 bits per heavy atom. The van der Waals surface area contributed by atoms with Gasteiger partial charge in [0.1, 0.15) is 5.75 Å². The molecule has 0 spiro atoms. The topological polar surface area (TPSA) is 87.7 Å². The van der Waals surface area contributed by atoms with E-state index < -0.39 is 12.6 Å². The molecule has 0 saturated carbocycles. The summed E-state index contributed by atoms with van der Waals surface area (Å²) in [5.74, 6) is -0.623. The van der Waals surface area contributed by atoms with Crippen molar-refractivity contribution < 1.29 is 19.4 Å². The van der Waals surface area contributed by atoms with Gasteiger partial charge in [-0.3, -0.25) is 4.79 Å². The number of hydrogen-bond acceptors (Lipinski definition) is 4. The van der Waals surface area contributed by atoms with E-state index in [0.29, 0.717) is 18.0 Å². The maximum Gasteiger partial charge on any atom is 0.341 e. The highest BCUT2D eigenvalue weighted by Crippen LogP contribution is 2.31. The molecular weight excluding hydrogens is 272 g/mol. The molecule has 1 fully saturated rings. The zero-order valence-electron chi connectivity index (χ0n) is 12.0. The van der Waals surface area contributed by atoms with E-state index in [0.717, 1.165) is 19.4 Å². The Morgan fingerprint density at radius 3 is 2.90 bits per heavy atom. The molecule has 2 rings (SSSR count). The number of carboxylic acids is 1. The molecule has 1 atom stereocenters. The first kappa shape index (κ1) is 15.3. The molecule has 0 aromatic heterocycles. The summed E-state index contributed by atoms with van der Waals surface area (Å²) < 4.78 is 5.10. The van der Waals surface area contributed by atoms with E-state index in [1.807, 2.05) is 6.92 Å². The van der Waals surface area contributed by atoms with Gasteiger partial charge in [-0.15, -0.1) is 0 Å². The molecule has 1 aromatic carbocycles. The average Bonchev–Trinajstić information content (AvgIpc) is 2.96. The van der Waals surface area contributed by atoms with E-state index in [1.165, 1.54) is 0 Å². The molecule has 0 radical (unpaired) electrons. The van der Waals surface area contributed by atoms with Gasteiger partial charge in [0.2, 0.25) is 5.91 Å². The predicted molar refractivity (Wildman–Crippen MR) is 78.4 cm³/mol. The number of carbonyl (C=O) groups is 2. The van der Waals surface area contributed by atoms with Gasteiger partial charge in [0.25, 0.3) is 0 Å². The molecule has 1 amide bonds. The quantitative estimate of drug-likeness (QED) is 0.739. The molecule has 1 saturated heterocycles. The number of ether oxygens (including phenoxy) is 1. The Morgan fingerprint density at radius 2 is 2.29 bits per heavy atom. The Bertz CT molecular complexity index is 524. The third-order valence-corrected chi connectivity index (χ3v) is 3.86. The fourth-order valence-electron chi connectivity index (χ4n) is 2.47. The smallest absolute Gasteiger partial charge is 0.341 e. The molecule has 114 valence electrons. The summed E-state index contributed by atoms with van der Waals surface area (Å²) in [6.45, 7) is 3.15. The predicted octanol–water partition coefficient (Wildman–Crippen LogP) is 1.48. The lowest BCUT2D eigenvalue weighted by molar-refractivity contribution is -0.139. The maximum absolute atomic E-state index is 12.5. The Hall–Kier alpha value is -2.08. The molecule has 21 heavy (non-hydrogen) atoms. The fraction of sp³-hybridized carbons (Fsp3) is 0.467. The number of carbonyl (C=O) groups excluding carboxylic acids is 1. The minimum atomic E-state index is -1.04. The van der Waals surface area contributed by atoms with E-state index in [9.17, 15) is 9.59 Å². The van der Waals surface area contributed by atoms with E-state index in [1.54, 1.807) is 24.3 Å². The van der Waals surface area contributed by atoms with E-state index in [4.69, 9.17) is 9.84 Å². The first-order valence-electron chi connectivity index (χ1n) is 7.02. The van der Waals surface area contributed by atoms with Crippen molar-refractivity contribution in [1.29, 1.82) is 0 Å². The Labute approximate surface area is 123 Å². The van der Waals surface area contributed by atoms with Gasteiger partial charge in [-0.05, 0) is 31.5 Å². The van der Waals surface area contributed by atoms with Gasteiger partial charge >= 0.3 is 5.97 Å². The highest BCUT2D eigenvalue weighted by molar-refractivity contribution is 5.95. The highest BCUT2D eigenvalue weighted by atomic mass is 16.5. The molecule has 3 N–H and O–H groups in total. The summed E-state index contributed by atoms with van der Waals surface area (Å²) in [5.41, 5.74) is 0.250. The fourth-order valence-corrected chi connectivity index (χ4v) is 2.47. The lowest BCUT2D eigenvalue weighted by atomic mass is 9.83. The van der Waals surface area contributed by atoms with Crippen LogP contribution < -0.4 is 15.4 Å². The minimum Gasteiger partial charge on any atom is -0.482 e. The summed E-state index contributed by atoms with van der Waals surface area (Å²) in [7, 11) is 0. The number of anilines is 1. The van der Waals surface area contributed by atoms with Crippen LogP contribution in [-0.2, 0) is 9.59 Å². The van der Waals surface area contributed by atoms with Crippen molar-refractivity contribution in [3.8, 4) is 5.75 Å². The summed E-state index contributed by atoms with van der Waals surface area (Å²) in [5, 5.41) is 14.7. The molecule has 1 unspecified atom stereocenters. The van der Waals surface area contributed by atoms with Crippen molar-refractivity contribution >= 4 is 17.6 Å². The van der Waals surface area contributed by atoms with E-state index in [2.05, 4.69) is 10.6 Å². The molecule has 0 aliphatic carbocycles. The Balaban J connectivity index is 2.03. The van der Waals surface area contributed by atoms with Gasteiger partial charge in [-0.1, -0.05) is 13.0 Å². The normalized spacial score (nSPS) is 21.0. The van der Waals surface area contributed by atoms with Crippen molar-refractivity contribution in [3.63, 3.8) is 0 Å². The second kappa shape index (κ2) is 6.58.